The van der Waals surface area contributed by atoms with E-state index in [0.29, 0.717) is 52.3 Å². The maximum Gasteiger partial charge on any atom is 0.269 e. The topological polar surface area (TPSA) is 122 Å². The van der Waals surface area contributed by atoms with Crippen molar-refractivity contribution in [1.82, 2.24) is 19.6 Å². The summed E-state index contributed by atoms with van der Waals surface area (Å²) in [7, 11) is 3.20. The number of thioether (sulfide) groups is 1. The smallest absolute Gasteiger partial charge is 0.269 e. The molecule has 10 nitrogen and oxygen atoms in total. The van der Waals surface area contributed by atoms with Crippen molar-refractivity contribution in [2.24, 2.45) is 0 Å². The summed E-state index contributed by atoms with van der Waals surface area (Å²) in [6.45, 7) is 0. The van der Waals surface area contributed by atoms with Gasteiger partial charge in [0.2, 0.25) is 5.16 Å². The van der Waals surface area contributed by atoms with Gasteiger partial charge in [-0.1, -0.05) is 30.0 Å². The number of Topliss-reactive ketones (excluding diaryl/α,β-unsaturated/α-hetero) is 1. The van der Waals surface area contributed by atoms with Crippen LogP contribution < -0.4 is 9.47 Å². The van der Waals surface area contributed by atoms with E-state index in [-0.39, 0.29) is 17.4 Å². The van der Waals surface area contributed by atoms with Crippen LogP contribution in [0.15, 0.2) is 53.8 Å². The lowest BCUT2D eigenvalue weighted by atomic mass is 9.82. The van der Waals surface area contributed by atoms with Gasteiger partial charge in [0.15, 0.2) is 5.78 Å². The third-order valence-corrected chi connectivity index (χ3v) is 6.87. The molecule has 4 aromatic rings. The van der Waals surface area contributed by atoms with Crippen LogP contribution in [0, 0.1) is 10.1 Å². The Morgan fingerprint density at radius 2 is 1.91 bits per heavy atom. The van der Waals surface area contributed by atoms with Crippen molar-refractivity contribution in [1.29, 1.82) is 0 Å². The van der Waals surface area contributed by atoms with Crippen LogP contribution in [0.25, 0.3) is 5.78 Å². The van der Waals surface area contributed by atoms with E-state index in [0.717, 1.165) is 11.1 Å². The average Bonchev–Trinajstić information content (AvgIpc) is 3.28. The molecule has 2 heterocycles. The molecular weight excluding hydrogens is 470 g/mol. The number of benzene rings is 2. The fourth-order valence-electron chi connectivity index (χ4n) is 4.16. The molecule has 2 aromatic carbocycles. The molecule has 2 aromatic heterocycles. The fraction of sp³-hybridized carbons (Fsp3) is 0.250. The van der Waals surface area contributed by atoms with Gasteiger partial charge in [-0.2, -0.15) is 4.98 Å². The van der Waals surface area contributed by atoms with Crippen LogP contribution in [0.1, 0.15) is 39.5 Å². The van der Waals surface area contributed by atoms with E-state index in [4.69, 9.17) is 9.47 Å². The van der Waals surface area contributed by atoms with Crippen LogP contribution in [-0.4, -0.2) is 44.5 Å². The minimum atomic E-state index is -0.426. The number of hydrogen-bond donors (Lipinski definition) is 0. The number of nitro benzene ring substituents is 1. The molecule has 5 rings (SSSR count). The molecule has 1 atom stereocenters. The van der Waals surface area contributed by atoms with Gasteiger partial charge < -0.3 is 9.47 Å². The van der Waals surface area contributed by atoms with E-state index < -0.39 is 4.92 Å². The molecule has 1 aliphatic carbocycles. The quantitative estimate of drug-likeness (QED) is 0.212. The number of hydrogen-bond acceptors (Lipinski definition) is 9. The Balaban J connectivity index is 1.37. The summed E-state index contributed by atoms with van der Waals surface area (Å²) < 4.78 is 12.4. The second-order valence-corrected chi connectivity index (χ2v) is 9.03. The predicted molar refractivity (Wildman–Crippen MR) is 128 cm³/mol. The maximum absolute atomic E-state index is 13.0. The zero-order valence-electron chi connectivity index (χ0n) is 19.0. The standard InChI is InChI=1S/C24H21N5O5S/c1-33-17-7-8-18(22(11-17)34-2)15-9-20-19(21(30)10-15)12-28-23(25-20)26-24(27-28)35-13-14-3-5-16(6-4-14)29(31)32/h3-8,11-12,15H,9-10,13H2,1-2H3. The molecule has 0 spiro atoms. The molecule has 11 heteroatoms. The first kappa shape index (κ1) is 22.8. The monoisotopic (exact) mass is 491 g/mol. The first-order valence-electron chi connectivity index (χ1n) is 10.8. The summed E-state index contributed by atoms with van der Waals surface area (Å²) in [5.41, 5.74) is 3.15. The van der Waals surface area contributed by atoms with Crippen molar-refractivity contribution in [3.63, 3.8) is 0 Å². The van der Waals surface area contributed by atoms with Crippen molar-refractivity contribution in [2.45, 2.75) is 29.7 Å². The van der Waals surface area contributed by atoms with E-state index >= 15 is 0 Å². The van der Waals surface area contributed by atoms with E-state index in [2.05, 4.69) is 15.1 Å². The van der Waals surface area contributed by atoms with Crippen molar-refractivity contribution in [3.8, 4) is 11.5 Å². The van der Waals surface area contributed by atoms with Crippen LogP contribution in [0.2, 0.25) is 0 Å². The van der Waals surface area contributed by atoms with Gasteiger partial charge in [-0.25, -0.2) is 9.50 Å². The number of ether oxygens (including phenoxy) is 2. The third-order valence-electron chi connectivity index (χ3n) is 5.96. The highest BCUT2D eigenvalue weighted by Crippen LogP contribution is 2.38. The van der Waals surface area contributed by atoms with Gasteiger partial charge >= 0.3 is 0 Å². The predicted octanol–water partition coefficient (Wildman–Crippen LogP) is 4.25. The highest BCUT2D eigenvalue weighted by molar-refractivity contribution is 7.98. The van der Waals surface area contributed by atoms with Crippen LogP contribution >= 0.6 is 11.8 Å². The molecular formula is C24H21N5O5S. The number of rotatable bonds is 7. The van der Waals surface area contributed by atoms with Gasteiger partial charge in [0, 0.05) is 42.5 Å². The minimum Gasteiger partial charge on any atom is -0.497 e. The van der Waals surface area contributed by atoms with Crippen molar-refractivity contribution < 1.29 is 19.2 Å². The minimum absolute atomic E-state index is 0.000830. The number of carbonyl (C=O) groups excluding carboxylic acids is 1. The molecule has 178 valence electrons. The number of nitrogens with zero attached hydrogens (tertiary/aromatic N) is 5. The molecule has 35 heavy (non-hydrogen) atoms. The van der Waals surface area contributed by atoms with E-state index in [1.54, 1.807) is 32.5 Å². The fourth-order valence-corrected chi connectivity index (χ4v) is 4.94. The van der Waals surface area contributed by atoms with Crippen molar-refractivity contribution in [2.75, 3.05) is 14.2 Å². The van der Waals surface area contributed by atoms with Crippen LogP contribution in [-0.2, 0) is 12.2 Å². The Bertz CT molecular complexity index is 1440. The maximum atomic E-state index is 13.0. The molecule has 0 N–H and O–H groups in total. The van der Waals surface area contributed by atoms with Crippen molar-refractivity contribution >= 4 is 29.0 Å². The molecule has 1 unspecified atom stereocenters. The zero-order valence-corrected chi connectivity index (χ0v) is 19.8. The molecule has 0 saturated carbocycles. The first-order valence-corrected chi connectivity index (χ1v) is 11.8. The summed E-state index contributed by atoms with van der Waals surface area (Å²) in [5, 5.41) is 15.8. The molecule has 0 aliphatic heterocycles. The summed E-state index contributed by atoms with van der Waals surface area (Å²) in [5.74, 6) is 2.27. The van der Waals surface area contributed by atoms with Gasteiger partial charge in [0.05, 0.1) is 30.4 Å². The third kappa shape index (κ3) is 4.54. The number of non-ortho nitro benzene ring substituents is 1. The molecule has 0 amide bonds. The molecule has 1 aliphatic rings. The van der Waals surface area contributed by atoms with Gasteiger partial charge in [-0.05, 0) is 23.6 Å². The lowest BCUT2D eigenvalue weighted by Crippen LogP contribution is -2.21. The van der Waals surface area contributed by atoms with Crippen LogP contribution in [0.3, 0.4) is 0 Å². The number of fused-ring (bicyclic) bond motifs is 2. The summed E-state index contributed by atoms with van der Waals surface area (Å²) in [6.07, 6.45) is 2.63. The zero-order chi connectivity index (χ0) is 24.5. The first-order chi connectivity index (χ1) is 16.9. The van der Waals surface area contributed by atoms with Gasteiger partial charge in [0.25, 0.3) is 11.5 Å². The molecule has 0 saturated heterocycles. The number of methoxy groups -OCH3 is 2. The van der Waals surface area contributed by atoms with Gasteiger partial charge in [-0.3, -0.25) is 14.9 Å². The number of nitro groups is 1. The van der Waals surface area contributed by atoms with E-state index in [1.807, 2.05) is 18.2 Å². The number of carbonyl (C=O) groups is 1. The number of ketones is 1. The highest BCUT2D eigenvalue weighted by atomic mass is 32.2. The summed E-state index contributed by atoms with van der Waals surface area (Å²) >= 11 is 1.40. The Morgan fingerprint density at radius 1 is 1.11 bits per heavy atom. The summed E-state index contributed by atoms with van der Waals surface area (Å²) in [4.78, 5) is 32.6. The molecule has 0 radical (unpaired) electrons. The second kappa shape index (κ2) is 9.34. The molecule has 0 bridgehead atoms. The number of aromatic nitrogens is 4. The van der Waals surface area contributed by atoms with Crippen LogP contribution in [0.4, 0.5) is 5.69 Å². The average molecular weight is 492 g/mol. The van der Waals surface area contributed by atoms with Crippen molar-refractivity contribution in [3.05, 3.63) is 81.2 Å². The van der Waals surface area contributed by atoms with E-state index in [1.165, 1.54) is 28.4 Å². The SMILES string of the molecule is COc1ccc(C2CC(=O)c3cn4nc(SCc5ccc([N+](=O)[O-])cc5)nc4nc3C2)c(OC)c1. The molecule has 0 fully saturated rings. The normalized spacial score (nSPS) is 15.1. The van der Waals surface area contributed by atoms with E-state index in [9.17, 15) is 14.9 Å². The Morgan fingerprint density at radius 3 is 2.63 bits per heavy atom. The lowest BCUT2D eigenvalue weighted by molar-refractivity contribution is -0.384. The largest absolute Gasteiger partial charge is 0.497 e. The van der Waals surface area contributed by atoms with Gasteiger partial charge in [0.1, 0.15) is 11.5 Å². The van der Waals surface area contributed by atoms with Gasteiger partial charge in [-0.15, -0.1) is 5.10 Å². The lowest BCUT2D eigenvalue weighted by Gasteiger charge is -2.24. The highest BCUT2D eigenvalue weighted by Gasteiger charge is 2.30. The second-order valence-electron chi connectivity index (χ2n) is 8.09. The Labute approximate surface area is 204 Å². The summed E-state index contributed by atoms with van der Waals surface area (Å²) in [6, 6.07) is 12.0. The van der Waals surface area contributed by atoms with Crippen LogP contribution in [0.5, 0.6) is 11.5 Å². The Kier molecular flexibility index (Phi) is 6.08. The Hall–Kier alpha value is -3.99.